The molecule has 0 aromatic heterocycles. The number of hydrogen-bond donors (Lipinski definition) is 1. The SMILES string of the molecule is COc1cccc(N2C(=O)C[C@H](Nc3ccccc3Cl)C2=O)c1. The van der Waals surface area contributed by atoms with Crippen molar-refractivity contribution in [2.24, 2.45) is 0 Å². The van der Waals surface area contributed by atoms with Gasteiger partial charge in [0.1, 0.15) is 11.8 Å². The van der Waals surface area contributed by atoms with Gasteiger partial charge in [-0.15, -0.1) is 0 Å². The number of hydrogen-bond acceptors (Lipinski definition) is 4. The van der Waals surface area contributed by atoms with Gasteiger partial charge < -0.3 is 10.1 Å². The monoisotopic (exact) mass is 330 g/mol. The lowest BCUT2D eigenvalue weighted by Gasteiger charge is -2.17. The highest BCUT2D eigenvalue weighted by molar-refractivity contribution is 6.33. The molecule has 1 fully saturated rings. The van der Waals surface area contributed by atoms with Gasteiger partial charge in [0.05, 0.1) is 29.9 Å². The highest BCUT2D eigenvalue weighted by Gasteiger charge is 2.39. The molecule has 0 aliphatic carbocycles. The van der Waals surface area contributed by atoms with Gasteiger partial charge in [0.2, 0.25) is 5.91 Å². The Labute approximate surface area is 138 Å². The van der Waals surface area contributed by atoms with Gasteiger partial charge in [-0.05, 0) is 24.3 Å². The van der Waals surface area contributed by atoms with E-state index in [1.54, 1.807) is 42.5 Å². The number of carbonyl (C=O) groups excluding carboxylic acids is 2. The second-order valence-electron chi connectivity index (χ2n) is 5.15. The smallest absolute Gasteiger partial charge is 0.256 e. The molecule has 1 N–H and O–H groups in total. The first-order chi connectivity index (χ1) is 11.1. The first kappa shape index (κ1) is 15.4. The summed E-state index contributed by atoms with van der Waals surface area (Å²) in [4.78, 5) is 26.0. The highest BCUT2D eigenvalue weighted by Crippen LogP contribution is 2.29. The van der Waals surface area contributed by atoms with Crippen molar-refractivity contribution in [2.45, 2.75) is 12.5 Å². The molecule has 0 saturated carbocycles. The summed E-state index contributed by atoms with van der Waals surface area (Å²) in [6.45, 7) is 0. The van der Waals surface area contributed by atoms with Crippen LogP contribution in [0, 0.1) is 0 Å². The predicted molar refractivity (Wildman–Crippen MR) is 89.0 cm³/mol. The number of para-hydroxylation sites is 1. The first-order valence-corrected chi connectivity index (χ1v) is 7.50. The van der Waals surface area contributed by atoms with E-state index in [-0.39, 0.29) is 18.2 Å². The van der Waals surface area contributed by atoms with E-state index in [2.05, 4.69) is 5.32 Å². The lowest BCUT2D eigenvalue weighted by Crippen LogP contribution is -2.34. The van der Waals surface area contributed by atoms with Crippen molar-refractivity contribution in [3.05, 3.63) is 53.6 Å². The van der Waals surface area contributed by atoms with Gasteiger partial charge in [-0.2, -0.15) is 0 Å². The summed E-state index contributed by atoms with van der Waals surface area (Å²) in [5.74, 6) is 0.0293. The van der Waals surface area contributed by atoms with E-state index in [0.717, 1.165) is 0 Å². The van der Waals surface area contributed by atoms with Crippen molar-refractivity contribution in [3.63, 3.8) is 0 Å². The Hall–Kier alpha value is -2.53. The fraction of sp³-hybridized carbons (Fsp3) is 0.176. The number of rotatable bonds is 4. The second kappa shape index (κ2) is 6.30. The molecule has 1 aliphatic rings. The molecule has 3 rings (SSSR count). The number of nitrogens with zero attached hydrogens (tertiary/aromatic N) is 1. The zero-order valence-corrected chi connectivity index (χ0v) is 13.2. The molecule has 2 aromatic rings. The van der Waals surface area contributed by atoms with Crippen LogP contribution in [-0.2, 0) is 9.59 Å². The molecule has 0 radical (unpaired) electrons. The van der Waals surface area contributed by atoms with E-state index in [0.29, 0.717) is 22.1 Å². The molecule has 1 aliphatic heterocycles. The van der Waals surface area contributed by atoms with E-state index in [4.69, 9.17) is 16.3 Å². The van der Waals surface area contributed by atoms with Gasteiger partial charge in [-0.25, -0.2) is 4.90 Å². The van der Waals surface area contributed by atoms with E-state index in [1.807, 2.05) is 6.07 Å². The molecule has 1 heterocycles. The summed E-state index contributed by atoms with van der Waals surface area (Å²) in [5.41, 5.74) is 1.13. The van der Waals surface area contributed by atoms with Gasteiger partial charge in [-0.3, -0.25) is 9.59 Å². The van der Waals surface area contributed by atoms with E-state index in [1.165, 1.54) is 12.0 Å². The number of anilines is 2. The van der Waals surface area contributed by atoms with Gasteiger partial charge in [0, 0.05) is 6.07 Å². The van der Waals surface area contributed by atoms with Gasteiger partial charge in [-0.1, -0.05) is 29.8 Å². The third-order valence-electron chi connectivity index (χ3n) is 3.66. The second-order valence-corrected chi connectivity index (χ2v) is 5.56. The van der Waals surface area contributed by atoms with E-state index >= 15 is 0 Å². The molecule has 0 spiro atoms. The number of imide groups is 1. The first-order valence-electron chi connectivity index (χ1n) is 7.12. The molecule has 1 atom stereocenters. The fourth-order valence-corrected chi connectivity index (χ4v) is 2.72. The molecular weight excluding hydrogens is 316 g/mol. The zero-order chi connectivity index (χ0) is 16.4. The van der Waals surface area contributed by atoms with Crippen LogP contribution >= 0.6 is 11.6 Å². The lowest BCUT2D eigenvalue weighted by atomic mass is 10.2. The largest absolute Gasteiger partial charge is 0.497 e. The minimum Gasteiger partial charge on any atom is -0.497 e. The Bertz CT molecular complexity index is 763. The fourth-order valence-electron chi connectivity index (χ4n) is 2.53. The molecule has 2 aromatic carbocycles. The van der Waals surface area contributed by atoms with Crippen LogP contribution in [0.2, 0.25) is 5.02 Å². The van der Waals surface area contributed by atoms with Crippen LogP contribution in [0.5, 0.6) is 5.75 Å². The standard InChI is InChI=1S/C17H15ClN2O3/c1-23-12-6-4-5-11(9-12)20-16(21)10-15(17(20)22)19-14-8-3-2-7-13(14)18/h2-9,15,19H,10H2,1H3/t15-/m0/s1. The number of carbonyl (C=O) groups is 2. The van der Waals surface area contributed by atoms with Crippen LogP contribution in [0.25, 0.3) is 0 Å². The number of ether oxygens (including phenoxy) is 1. The summed E-state index contributed by atoms with van der Waals surface area (Å²) in [7, 11) is 1.54. The Morgan fingerprint density at radius 3 is 2.70 bits per heavy atom. The summed E-state index contributed by atoms with van der Waals surface area (Å²) in [6.07, 6.45) is 0.0846. The molecule has 0 bridgehead atoms. The molecule has 1 saturated heterocycles. The van der Waals surface area contributed by atoms with E-state index in [9.17, 15) is 9.59 Å². The third kappa shape index (κ3) is 3.00. The topological polar surface area (TPSA) is 58.6 Å². The number of nitrogens with one attached hydrogen (secondary N) is 1. The van der Waals surface area contributed by atoms with Crippen molar-refractivity contribution >= 4 is 34.8 Å². The quantitative estimate of drug-likeness (QED) is 0.875. The Balaban J connectivity index is 1.84. The highest BCUT2D eigenvalue weighted by atomic mass is 35.5. The van der Waals surface area contributed by atoms with Crippen LogP contribution in [0.1, 0.15) is 6.42 Å². The van der Waals surface area contributed by atoms with E-state index < -0.39 is 6.04 Å². The van der Waals surface area contributed by atoms with Gasteiger partial charge in [0.25, 0.3) is 5.91 Å². The van der Waals surface area contributed by atoms with Crippen molar-refractivity contribution in [1.29, 1.82) is 0 Å². The normalized spacial score (nSPS) is 17.5. The molecular formula is C17H15ClN2O3. The maximum atomic E-state index is 12.6. The van der Waals surface area contributed by atoms with Crippen LogP contribution < -0.4 is 15.0 Å². The lowest BCUT2D eigenvalue weighted by molar-refractivity contribution is -0.121. The molecule has 0 unspecified atom stereocenters. The van der Waals surface area contributed by atoms with Crippen LogP contribution in [-0.4, -0.2) is 25.0 Å². The average molecular weight is 331 g/mol. The van der Waals surface area contributed by atoms with Crippen LogP contribution in [0.15, 0.2) is 48.5 Å². The molecule has 5 nitrogen and oxygen atoms in total. The third-order valence-corrected chi connectivity index (χ3v) is 3.99. The average Bonchev–Trinajstić information content (AvgIpc) is 2.83. The zero-order valence-electron chi connectivity index (χ0n) is 12.5. The predicted octanol–water partition coefficient (Wildman–Crippen LogP) is 3.09. The minimum atomic E-state index is -0.631. The van der Waals surface area contributed by atoms with Crippen LogP contribution in [0.4, 0.5) is 11.4 Å². The van der Waals surface area contributed by atoms with Crippen LogP contribution in [0.3, 0.4) is 0 Å². The number of halogens is 1. The van der Waals surface area contributed by atoms with Gasteiger partial charge >= 0.3 is 0 Å². The maximum Gasteiger partial charge on any atom is 0.256 e. The van der Waals surface area contributed by atoms with Crippen molar-refractivity contribution in [2.75, 3.05) is 17.3 Å². The number of methoxy groups -OCH3 is 1. The number of amides is 2. The molecule has 23 heavy (non-hydrogen) atoms. The maximum absolute atomic E-state index is 12.6. The Morgan fingerprint density at radius 1 is 1.17 bits per heavy atom. The van der Waals surface area contributed by atoms with Gasteiger partial charge in [0.15, 0.2) is 0 Å². The van der Waals surface area contributed by atoms with Crippen molar-refractivity contribution in [1.82, 2.24) is 0 Å². The number of benzene rings is 2. The van der Waals surface area contributed by atoms with Crippen molar-refractivity contribution in [3.8, 4) is 5.75 Å². The van der Waals surface area contributed by atoms with Crippen molar-refractivity contribution < 1.29 is 14.3 Å². The molecule has 2 amide bonds. The molecule has 6 heteroatoms. The summed E-state index contributed by atoms with van der Waals surface area (Å²) in [5, 5.41) is 3.55. The molecule has 118 valence electrons. The summed E-state index contributed by atoms with van der Waals surface area (Å²) < 4.78 is 5.14. The summed E-state index contributed by atoms with van der Waals surface area (Å²) >= 11 is 6.09. The minimum absolute atomic E-state index is 0.0846. The Morgan fingerprint density at radius 2 is 1.96 bits per heavy atom. The summed E-state index contributed by atoms with van der Waals surface area (Å²) in [6, 6.07) is 13.3. The Kier molecular flexibility index (Phi) is 4.21.